The first-order chi connectivity index (χ1) is 11.2. The van der Waals surface area contributed by atoms with Crippen molar-refractivity contribution < 1.29 is 0 Å². The molecule has 0 amide bonds. The van der Waals surface area contributed by atoms with Crippen LogP contribution in [0.4, 0.5) is 0 Å². The first-order valence-corrected chi connectivity index (χ1v) is 8.07. The summed E-state index contributed by atoms with van der Waals surface area (Å²) >= 11 is 0. The number of hydrogen-bond donors (Lipinski definition) is 2. The number of nitrogens with zero attached hydrogens (tertiary/aromatic N) is 4. The Hall–Kier alpha value is -2.37. The summed E-state index contributed by atoms with van der Waals surface area (Å²) in [6, 6.07) is 4.04. The monoisotopic (exact) mass is 314 g/mol. The van der Waals surface area contributed by atoms with Crippen LogP contribution in [0.3, 0.4) is 0 Å². The van der Waals surface area contributed by atoms with Crippen LogP contribution in [-0.4, -0.2) is 34.1 Å². The van der Waals surface area contributed by atoms with Crippen LogP contribution in [0, 0.1) is 5.92 Å². The van der Waals surface area contributed by atoms with Gasteiger partial charge < -0.3 is 10.6 Å². The molecule has 0 unspecified atom stereocenters. The maximum absolute atomic E-state index is 4.44. The Morgan fingerprint density at radius 1 is 1.30 bits per heavy atom. The van der Waals surface area contributed by atoms with E-state index in [2.05, 4.69) is 45.5 Å². The third-order valence-corrected chi connectivity index (χ3v) is 3.51. The third-order valence-electron chi connectivity index (χ3n) is 3.51. The van der Waals surface area contributed by atoms with Crippen molar-refractivity contribution in [1.82, 2.24) is 25.2 Å². The van der Waals surface area contributed by atoms with E-state index in [9.17, 15) is 0 Å². The molecular weight excluding hydrogens is 288 g/mol. The maximum Gasteiger partial charge on any atom is 0.191 e. The van der Waals surface area contributed by atoms with Gasteiger partial charge in [-0.3, -0.25) is 9.56 Å². The van der Waals surface area contributed by atoms with Gasteiger partial charge in [0.15, 0.2) is 5.96 Å². The van der Waals surface area contributed by atoms with Gasteiger partial charge in [-0.2, -0.15) is 0 Å². The Balaban J connectivity index is 1.78. The lowest BCUT2D eigenvalue weighted by molar-refractivity contribution is 0.549. The van der Waals surface area contributed by atoms with Gasteiger partial charge in [0.25, 0.3) is 0 Å². The van der Waals surface area contributed by atoms with Crippen LogP contribution in [0.25, 0.3) is 5.82 Å². The predicted molar refractivity (Wildman–Crippen MR) is 93.6 cm³/mol. The smallest absolute Gasteiger partial charge is 0.191 e. The fourth-order valence-electron chi connectivity index (χ4n) is 2.19. The zero-order chi connectivity index (χ0) is 16.5. The average Bonchev–Trinajstić information content (AvgIpc) is 3.09. The molecule has 0 saturated heterocycles. The summed E-state index contributed by atoms with van der Waals surface area (Å²) in [5.41, 5.74) is 1.11. The molecule has 0 radical (unpaired) electrons. The largest absolute Gasteiger partial charge is 0.356 e. The molecule has 23 heavy (non-hydrogen) atoms. The van der Waals surface area contributed by atoms with Crippen molar-refractivity contribution in [3.63, 3.8) is 0 Å². The van der Waals surface area contributed by atoms with Gasteiger partial charge in [-0.15, -0.1) is 0 Å². The van der Waals surface area contributed by atoms with Crippen molar-refractivity contribution in [2.24, 2.45) is 10.9 Å². The number of nitrogens with one attached hydrogen (secondary N) is 2. The predicted octanol–water partition coefficient (Wildman–Crippen LogP) is 2.37. The number of aliphatic imine (C=N–C) groups is 1. The van der Waals surface area contributed by atoms with E-state index in [1.54, 1.807) is 19.6 Å². The first-order valence-electron chi connectivity index (χ1n) is 8.07. The molecule has 2 N–H and O–H groups in total. The van der Waals surface area contributed by atoms with E-state index in [1.165, 1.54) is 6.42 Å². The molecule has 0 aliphatic carbocycles. The van der Waals surface area contributed by atoms with E-state index in [1.807, 2.05) is 23.0 Å². The molecule has 0 fully saturated rings. The Kier molecular flexibility index (Phi) is 6.59. The highest BCUT2D eigenvalue weighted by Crippen LogP contribution is 2.05. The molecule has 0 aromatic carbocycles. The van der Waals surface area contributed by atoms with Crippen LogP contribution in [0.2, 0.25) is 0 Å². The molecule has 2 heterocycles. The standard InChI is InChI=1S/C17H26N6/c1-14(2)5-4-8-20-17(18-3)22-12-15-6-7-16(21-11-15)23-10-9-19-13-23/h6-7,9-11,13-14H,4-5,8,12H2,1-3H3,(H2,18,20,22). The summed E-state index contributed by atoms with van der Waals surface area (Å²) in [6.07, 6.45) is 9.61. The van der Waals surface area contributed by atoms with Crippen molar-refractivity contribution in [1.29, 1.82) is 0 Å². The summed E-state index contributed by atoms with van der Waals surface area (Å²) in [5, 5.41) is 6.64. The summed E-state index contributed by atoms with van der Waals surface area (Å²) in [5.74, 6) is 2.43. The Morgan fingerprint density at radius 3 is 2.78 bits per heavy atom. The molecule has 0 aliphatic rings. The molecule has 0 bridgehead atoms. The highest BCUT2D eigenvalue weighted by molar-refractivity contribution is 5.79. The SMILES string of the molecule is CN=C(NCCCC(C)C)NCc1ccc(-n2ccnc2)nc1. The summed E-state index contributed by atoms with van der Waals surface area (Å²) in [4.78, 5) is 12.7. The minimum Gasteiger partial charge on any atom is -0.356 e. The van der Waals surface area contributed by atoms with Crippen molar-refractivity contribution in [3.8, 4) is 5.82 Å². The Bertz CT molecular complexity index is 586. The van der Waals surface area contributed by atoms with Crippen LogP contribution in [0.1, 0.15) is 32.3 Å². The van der Waals surface area contributed by atoms with Gasteiger partial charge in [0.1, 0.15) is 12.1 Å². The van der Waals surface area contributed by atoms with Gasteiger partial charge in [-0.25, -0.2) is 9.97 Å². The second-order valence-electron chi connectivity index (χ2n) is 5.88. The normalized spacial score (nSPS) is 11.7. The second-order valence-corrected chi connectivity index (χ2v) is 5.88. The third kappa shape index (κ3) is 5.73. The van der Waals surface area contributed by atoms with E-state index >= 15 is 0 Å². The molecule has 0 aliphatic heterocycles. The molecule has 0 spiro atoms. The van der Waals surface area contributed by atoms with Crippen LogP contribution >= 0.6 is 0 Å². The molecule has 0 saturated carbocycles. The van der Waals surface area contributed by atoms with Crippen LogP contribution in [0.5, 0.6) is 0 Å². The zero-order valence-corrected chi connectivity index (χ0v) is 14.2. The summed E-state index contributed by atoms with van der Waals surface area (Å²) in [6.45, 7) is 6.12. The molecule has 2 rings (SSSR count). The van der Waals surface area contributed by atoms with Crippen molar-refractivity contribution >= 4 is 5.96 Å². The van der Waals surface area contributed by atoms with Gasteiger partial charge in [0.05, 0.1) is 0 Å². The number of hydrogen-bond acceptors (Lipinski definition) is 3. The number of imidazole rings is 1. The molecule has 2 aromatic heterocycles. The van der Waals surface area contributed by atoms with Gasteiger partial charge in [0.2, 0.25) is 0 Å². The van der Waals surface area contributed by atoms with Gasteiger partial charge >= 0.3 is 0 Å². The van der Waals surface area contributed by atoms with E-state index in [0.29, 0.717) is 6.54 Å². The van der Waals surface area contributed by atoms with Crippen molar-refractivity contribution in [2.45, 2.75) is 33.2 Å². The van der Waals surface area contributed by atoms with E-state index < -0.39 is 0 Å². The summed E-state index contributed by atoms with van der Waals surface area (Å²) < 4.78 is 1.88. The number of guanidine groups is 1. The molecule has 6 nitrogen and oxygen atoms in total. The van der Waals surface area contributed by atoms with Crippen LogP contribution in [-0.2, 0) is 6.54 Å². The Labute approximate surface area is 138 Å². The molecule has 6 heteroatoms. The highest BCUT2D eigenvalue weighted by atomic mass is 15.2. The number of rotatable bonds is 7. The van der Waals surface area contributed by atoms with Crippen molar-refractivity contribution in [2.75, 3.05) is 13.6 Å². The quantitative estimate of drug-likeness (QED) is 0.468. The van der Waals surface area contributed by atoms with Gasteiger partial charge in [0, 0.05) is 38.7 Å². The minimum absolute atomic E-state index is 0.695. The van der Waals surface area contributed by atoms with Crippen molar-refractivity contribution in [3.05, 3.63) is 42.6 Å². The van der Waals surface area contributed by atoms with Gasteiger partial charge in [-0.05, 0) is 30.4 Å². The summed E-state index contributed by atoms with van der Waals surface area (Å²) in [7, 11) is 1.79. The van der Waals surface area contributed by atoms with E-state index in [0.717, 1.165) is 36.2 Å². The van der Waals surface area contributed by atoms with E-state index in [4.69, 9.17) is 0 Å². The maximum atomic E-state index is 4.44. The molecular formula is C17H26N6. The second kappa shape index (κ2) is 8.92. The zero-order valence-electron chi connectivity index (χ0n) is 14.2. The number of aromatic nitrogens is 3. The van der Waals surface area contributed by atoms with E-state index in [-0.39, 0.29) is 0 Å². The minimum atomic E-state index is 0.695. The Morgan fingerprint density at radius 2 is 2.17 bits per heavy atom. The lowest BCUT2D eigenvalue weighted by Gasteiger charge is -2.12. The molecule has 0 atom stereocenters. The number of pyridine rings is 1. The van der Waals surface area contributed by atoms with Gasteiger partial charge in [-0.1, -0.05) is 19.9 Å². The topological polar surface area (TPSA) is 67.1 Å². The lowest BCUT2D eigenvalue weighted by Crippen LogP contribution is -2.37. The average molecular weight is 314 g/mol. The highest BCUT2D eigenvalue weighted by Gasteiger charge is 2.01. The fourth-order valence-corrected chi connectivity index (χ4v) is 2.19. The fraction of sp³-hybridized carbons (Fsp3) is 0.471. The molecule has 124 valence electrons. The van der Waals surface area contributed by atoms with Crippen LogP contribution < -0.4 is 10.6 Å². The lowest BCUT2D eigenvalue weighted by atomic mass is 10.1. The molecule has 2 aromatic rings. The first kappa shape index (κ1) is 17.0. The van der Waals surface area contributed by atoms with Crippen LogP contribution in [0.15, 0.2) is 42.0 Å².